The molecule has 4 amide bonds. The molecule has 0 heterocycles. The van der Waals surface area contributed by atoms with Crippen molar-refractivity contribution in [1.82, 2.24) is 21.3 Å². The van der Waals surface area contributed by atoms with Gasteiger partial charge in [0.2, 0.25) is 17.7 Å². The fourth-order valence-corrected chi connectivity index (χ4v) is 3.23. The molecule has 0 aromatic heterocycles. The zero-order valence-electron chi connectivity index (χ0n) is 23.4. The molecular weight excluding hydrogens is 498 g/mol. The third-order valence-corrected chi connectivity index (χ3v) is 4.96. The highest BCUT2D eigenvalue weighted by Crippen LogP contribution is 2.11. The van der Waals surface area contributed by atoms with Crippen LogP contribution in [0.2, 0.25) is 0 Å². The lowest BCUT2D eigenvalue weighted by atomic mass is 10.00. The first-order valence-corrected chi connectivity index (χ1v) is 12.6. The van der Waals surface area contributed by atoms with Crippen LogP contribution in [0.4, 0.5) is 4.79 Å². The molecule has 0 rings (SSSR count). The summed E-state index contributed by atoms with van der Waals surface area (Å²) in [6, 6.07) is -3.15. The number of amides is 4. The summed E-state index contributed by atoms with van der Waals surface area (Å²) < 4.78 is 5.23. The number of hydrogen-bond acceptors (Lipinski definition) is 7. The van der Waals surface area contributed by atoms with Crippen molar-refractivity contribution in [2.24, 2.45) is 28.3 Å². The number of guanidine groups is 1. The summed E-state index contributed by atoms with van der Waals surface area (Å²) in [5.74, 6) is -3.57. The van der Waals surface area contributed by atoms with Gasteiger partial charge in [-0.3, -0.25) is 19.4 Å². The molecule has 0 spiro atoms. The van der Waals surface area contributed by atoms with E-state index >= 15 is 0 Å². The van der Waals surface area contributed by atoms with Crippen molar-refractivity contribution in [3.8, 4) is 0 Å². The summed E-state index contributed by atoms with van der Waals surface area (Å²) in [7, 11) is 0. The molecule has 0 saturated heterocycles. The zero-order chi connectivity index (χ0) is 29.6. The Morgan fingerprint density at radius 1 is 0.921 bits per heavy atom. The first-order valence-electron chi connectivity index (χ1n) is 12.6. The van der Waals surface area contributed by atoms with Gasteiger partial charge in [-0.25, -0.2) is 9.59 Å². The molecular formula is C24H45N7O7. The monoisotopic (exact) mass is 543 g/mol. The van der Waals surface area contributed by atoms with E-state index in [9.17, 15) is 29.1 Å². The van der Waals surface area contributed by atoms with Gasteiger partial charge in [0.25, 0.3) is 0 Å². The van der Waals surface area contributed by atoms with E-state index in [1.54, 1.807) is 34.6 Å². The lowest BCUT2D eigenvalue weighted by molar-refractivity contribution is -0.142. The van der Waals surface area contributed by atoms with Gasteiger partial charge >= 0.3 is 12.1 Å². The van der Waals surface area contributed by atoms with Gasteiger partial charge in [-0.15, -0.1) is 0 Å². The van der Waals surface area contributed by atoms with E-state index in [2.05, 4.69) is 26.3 Å². The second kappa shape index (κ2) is 16.3. The third-order valence-electron chi connectivity index (χ3n) is 4.96. The van der Waals surface area contributed by atoms with Crippen molar-refractivity contribution in [2.45, 2.75) is 91.5 Å². The lowest BCUT2D eigenvalue weighted by Crippen LogP contribution is -2.56. The minimum Gasteiger partial charge on any atom is -0.480 e. The maximum atomic E-state index is 13.0. The van der Waals surface area contributed by atoms with E-state index in [-0.39, 0.29) is 37.2 Å². The molecule has 14 nitrogen and oxygen atoms in total. The van der Waals surface area contributed by atoms with Crippen molar-refractivity contribution in [2.75, 3.05) is 13.1 Å². The molecule has 0 aliphatic rings. The van der Waals surface area contributed by atoms with Crippen molar-refractivity contribution in [3.63, 3.8) is 0 Å². The van der Waals surface area contributed by atoms with Gasteiger partial charge in [0.1, 0.15) is 23.7 Å². The largest absolute Gasteiger partial charge is 0.480 e. The van der Waals surface area contributed by atoms with Gasteiger partial charge in [0, 0.05) is 6.54 Å². The summed E-state index contributed by atoms with van der Waals surface area (Å²) >= 11 is 0. The van der Waals surface area contributed by atoms with Gasteiger partial charge in [-0.1, -0.05) is 27.7 Å². The molecule has 38 heavy (non-hydrogen) atoms. The van der Waals surface area contributed by atoms with Crippen molar-refractivity contribution >= 4 is 35.7 Å². The number of nitrogens with one attached hydrogen (secondary N) is 4. The minimum atomic E-state index is -1.24. The highest BCUT2D eigenvalue weighted by molar-refractivity contribution is 5.93. The average molecular weight is 544 g/mol. The fraction of sp³-hybridized carbons (Fsp3) is 0.750. The lowest BCUT2D eigenvalue weighted by Gasteiger charge is -2.27. The van der Waals surface area contributed by atoms with Gasteiger partial charge < -0.3 is 42.6 Å². The van der Waals surface area contributed by atoms with Crippen LogP contribution in [-0.4, -0.2) is 77.7 Å². The highest BCUT2D eigenvalue weighted by Gasteiger charge is 2.31. The minimum absolute atomic E-state index is 0.0119. The summed E-state index contributed by atoms with van der Waals surface area (Å²) in [5, 5.41) is 19.3. The number of aliphatic carboxylic acids is 1. The molecule has 0 aliphatic carbocycles. The first-order chi connectivity index (χ1) is 17.4. The van der Waals surface area contributed by atoms with E-state index in [1.165, 1.54) is 0 Å². The maximum Gasteiger partial charge on any atom is 0.408 e. The number of nitrogens with zero attached hydrogens (tertiary/aromatic N) is 1. The molecule has 14 heteroatoms. The van der Waals surface area contributed by atoms with E-state index < -0.39 is 60.1 Å². The Hall–Kier alpha value is -3.58. The van der Waals surface area contributed by atoms with Crippen LogP contribution in [0.3, 0.4) is 0 Å². The normalized spacial score (nSPS) is 13.6. The SMILES string of the molecule is CC(C)C[C@H](NC(=O)[C@@H](NC(=O)OC(C)(C)C)C(C)C)C(=O)NCC(=O)N[C@@H](CCCN=C(N)N)C(=O)O. The fourth-order valence-electron chi connectivity index (χ4n) is 3.23. The Morgan fingerprint density at radius 2 is 1.53 bits per heavy atom. The van der Waals surface area contributed by atoms with Crippen LogP contribution in [0.25, 0.3) is 0 Å². The van der Waals surface area contributed by atoms with Crippen LogP contribution < -0.4 is 32.7 Å². The number of carboxylic acid groups (broad SMARTS) is 1. The van der Waals surface area contributed by atoms with E-state index in [1.807, 2.05) is 13.8 Å². The van der Waals surface area contributed by atoms with Crippen LogP contribution in [0.15, 0.2) is 4.99 Å². The molecule has 218 valence electrons. The molecule has 3 atom stereocenters. The number of rotatable bonds is 15. The van der Waals surface area contributed by atoms with E-state index in [4.69, 9.17) is 16.2 Å². The Bertz CT molecular complexity index is 850. The van der Waals surface area contributed by atoms with Crippen molar-refractivity contribution in [1.29, 1.82) is 0 Å². The van der Waals surface area contributed by atoms with Crippen LogP contribution in [0.1, 0.15) is 67.7 Å². The summed E-state index contributed by atoms with van der Waals surface area (Å²) in [6.07, 6.45) is -0.102. The predicted molar refractivity (Wildman–Crippen MR) is 142 cm³/mol. The summed E-state index contributed by atoms with van der Waals surface area (Å²) in [6.45, 7) is 12.0. The predicted octanol–water partition coefficient (Wildman–Crippen LogP) is -0.194. The van der Waals surface area contributed by atoms with Crippen LogP contribution in [0, 0.1) is 11.8 Å². The quantitative estimate of drug-likeness (QED) is 0.0823. The van der Waals surface area contributed by atoms with Crippen LogP contribution in [-0.2, 0) is 23.9 Å². The molecule has 0 radical (unpaired) electrons. The van der Waals surface area contributed by atoms with Gasteiger partial charge in [0.15, 0.2) is 5.96 Å². The number of carbonyl (C=O) groups is 5. The number of carbonyl (C=O) groups excluding carboxylic acids is 4. The number of ether oxygens (including phenoxy) is 1. The average Bonchev–Trinajstić information content (AvgIpc) is 2.75. The maximum absolute atomic E-state index is 13.0. The third kappa shape index (κ3) is 15.5. The molecule has 0 aromatic rings. The van der Waals surface area contributed by atoms with Crippen molar-refractivity contribution in [3.05, 3.63) is 0 Å². The molecule has 0 unspecified atom stereocenters. The summed E-state index contributed by atoms with van der Waals surface area (Å²) in [5.41, 5.74) is 9.70. The van der Waals surface area contributed by atoms with E-state index in [0.29, 0.717) is 6.42 Å². The van der Waals surface area contributed by atoms with E-state index in [0.717, 1.165) is 0 Å². The molecule has 0 fully saturated rings. The molecule has 0 saturated carbocycles. The van der Waals surface area contributed by atoms with Gasteiger partial charge in [0.05, 0.1) is 6.54 Å². The van der Waals surface area contributed by atoms with Crippen LogP contribution in [0.5, 0.6) is 0 Å². The Kier molecular flexibility index (Phi) is 14.8. The van der Waals surface area contributed by atoms with Crippen LogP contribution >= 0.6 is 0 Å². The highest BCUT2D eigenvalue weighted by atomic mass is 16.6. The number of alkyl carbamates (subject to hydrolysis) is 1. The Labute approximate surface area is 224 Å². The summed E-state index contributed by atoms with van der Waals surface area (Å²) in [4.78, 5) is 65.5. The van der Waals surface area contributed by atoms with Crippen molar-refractivity contribution < 1.29 is 33.8 Å². The number of aliphatic imine (C=N–C) groups is 1. The molecule has 0 aromatic carbocycles. The standard InChI is InChI=1S/C24H45N7O7/c1-13(2)11-16(30-20(34)18(14(3)4)31-23(37)38-24(5,6)7)19(33)28-12-17(32)29-15(21(35)36)9-8-10-27-22(25)26/h13-16,18H,8-12H2,1-7H3,(H,28,33)(H,29,32)(H,30,34)(H,31,37)(H,35,36)(H4,25,26,27)/t15-,16-,18-/m0/s1. The second-order valence-corrected chi connectivity index (χ2v) is 10.7. The second-order valence-electron chi connectivity index (χ2n) is 10.7. The number of nitrogens with two attached hydrogens (primary N) is 2. The zero-order valence-corrected chi connectivity index (χ0v) is 23.4. The number of carboxylic acids is 1. The molecule has 0 aliphatic heterocycles. The molecule has 9 N–H and O–H groups in total. The smallest absolute Gasteiger partial charge is 0.408 e. The topological polar surface area (TPSA) is 227 Å². The van der Waals surface area contributed by atoms with Gasteiger partial charge in [-0.05, 0) is 51.9 Å². The first kappa shape index (κ1) is 34.4. The van der Waals surface area contributed by atoms with Gasteiger partial charge in [-0.2, -0.15) is 0 Å². The molecule has 0 bridgehead atoms. The Morgan fingerprint density at radius 3 is 2.00 bits per heavy atom. The Balaban J connectivity index is 5.16. The number of hydrogen-bond donors (Lipinski definition) is 7.